The van der Waals surface area contributed by atoms with Crippen molar-refractivity contribution in [3.8, 4) is 29.1 Å². The van der Waals surface area contributed by atoms with E-state index < -0.39 is 35.6 Å². The number of ether oxygens (including phenoxy) is 4. The van der Waals surface area contributed by atoms with Crippen molar-refractivity contribution in [3.63, 3.8) is 0 Å². The van der Waals surface area contributed by atoms with Gasteiger partial charge in [-0.1, -0.05) is 104 Å². The summed E-state index contributed by atoms with van der Waals surface area (Å²) in [5.41, 5.74) is 13.2. The maximum absolute atomic E-state index is 14.3. The molecule has 3 N–H and O–H groups in total. The molecule has 2 fully saturated rings. The Balaban J connectivity index is 0.000000251. The molecule has 1 unspecified atom stereocenters. The lowest BCUT2D eigenvalue weighted by atomic mass is 9.99. The molecule has 5 atom stereocenters. The molecule has 0 aromatic heterocycles. The largest absolute Gasteiger partial charge is 0.493 e. The Morgan fingerprint density at radius 1 is 0.565 bits per heavy atom. The third-order valence-corrected chi connectivity index (χ3v) is 17.5. The van der Waals surface area contributed by atoms with Crippen LogP contribution in [0.5, 0.6) is 23.0 Å². The third-order valence-electron chi connectivity index (χ3n) is 17.5. The van der Waals surface area contributed by atoms with Crippen molar-refractivity contribution < 1.29 is 47.7 Å². The highest BCUT2D eigenvalue weighted by Crippen LogP contribution is 2.43. The van der Waals surface area contributed by atoms with Gasteiger partial charge in [0, 0.05) is 71.0 Å². The van der Waals surface area contributed by atoms with E-state index in [0.29, 0.717) is 102 Å². The van der Waals surface area contributed by atoms with Crippen molar-refractivity contribution in [2.45, 2.75) is 78.0 Å². The maximum Gasteiger partial charge on any atom is 0.264 e. The van der Waals surface area contributed by atoms with Gasteiger partial charge in [-0.25, -0.2) is 0 Å². The number of rotatable bonds is 23. The second-order valence-corrected chi connectivity index (χ2v) is 24.0. The van der Waals surface area contributed by atoms with Gasteiger partial charge in [0.25, 0.3) is 23.6 Å². The molecule has 5 amide bonds. The molecule has 4 heterocycles. The standard InChI is InChI=1S/C37H41N5O6.C32H38N4O4.CH3PS.CH4/c1-24(26-10-6-5-7-11-26)40-18-20-41(21-19-40)31-13-8-12-28-34(31)37(46)42(36(28)45)30(27-15-16-32(47-3)33(22-27)48-4)14-9-17-39-35(44)29(23-38)25(2)43;1-22(23-9-5-4-6-10-23)34-17-19-35(20-18-34)27-12-7-11-25-30(27)32(38)36(31(25)37)26(13-8-16-33)24-14-15-28(39-2)29(21-24)40-3;1-2-3;/h5-8,10-13,15-16,22,24,29-30H,9,14,17-21H2,1-4H3,(H,39,44);4-7,9-12,14-15,21-22,26H,8,13,16-20,33H2,1-3H3;1H3;1H4/t24-,29?,30-;22-,26-;;/m11../s1. The molecule has 10 rings (SSSR count). The summed E-state index contributed by atoms with van der Waals surface area (Å²) < 4.78 is 21.9. The number of imide groups is 2. The lowest BCUT2D eigenvalue weighted by Crippen LogP contribution is -2.47. The van der Waals surface area contributed by atoms with Crippen molar-refractivity contribution in [2.75, 3.05) is 110 Å². The number of anilines is 2. The van der Waals surface area contributed by atoms with Crippen LogP contribution >= 0.6 is 7.36 Å². The Labute approximate surface area is 548 Å². The lowest BCUT2D eigenvalue weighted by Gasteiger charge is -2.39. The molecular weight excluding hydrogens is 1200 g/mol. The second-order valence-electron chi connectivity index (χ2n) is 22.6. The smallest absolute Gasteiger partial charge is 0.264 e. The molecule has 0 radical (unpaired) electrons. The lowest BCUT2D eigenvalue weighted by molar-refractivity contribution is -0.130. The Hall–Kier alpha value is -8.57. The van der Waals surface area contributed by atoms with Crippen molar-refractivity contribution in [1.29, 1.82) is 5.26 Å². The first kappa shape index (κ1) is 70.9. The number of amides is 5. The van der Waals surface area contributed by atoms with Crippen LogP contribution in [0, 0.1) is 17.2 Å². The predicted octanol–water partition coefficient (Wildman–Crippen LogP) is 10.9. The maximum atomic E-state index is 14.3. The Morgan fingerprint density at radius 2 is 0.957 bits per heavy atom. The molecule has 92 heavy (non-hydrogen) atoms. The van der Waals surface area contributed by atoms with E-state index >= 15 is 0 Å². The molecule has 2 saturated heterocycles. The molecule has 0 bridgehead atoms. The average molecular weight is 1290 g/mol. The summed E-state index contributed by atoms with van der Waals surface area (Å²) in [5.74, 6) is -1.79. The first-order valence-electron chi connectivity index (χ1n) is 30.7. The van der Waals surface area contributed by atoms with Crippen molar-refractivity contribution >= 4 is 65.9 Å². The number of Topliss-reactive ketones (excluding diaryl/α,β-unsaturated/α-hetero) is 1. The first-order valence-corrected chi connectivity index (χ1v) is 33.1. The molecule has 6 aromatic carbocycles. The molecule has 0 saturated carbocycles. The minimum absolute atomic E-state index is 0. The monoisotopic (exact) mass is 1290 g/mol. The number of carbonyl (C=O) groups excluding carboxylic acids is 6. The Kier molecular flexibility index (Phi) is 25.9. The van der Waals surface area contributed by atoms with E-state index in [2.05, 4.69) is 87.0 Å². The number of benzene rings is 6. The highest BCUT2D eigenvalue weighted by molar-refractivity contribution is 7.96. The van der Waals surface area contributed by atoms with E-state index in [1.54, 1.807) is 50.6 Å². The van der Waals surface area contributed by atoms with Gasteiger partial charge in [0.1, 0.15) is 0 Å². The van der Waals surface area contributed by atoms with E-state index in [9.17, 15) is 34.0 Å². The Bertz CT molecular complexity index is 3600. The van der Waals surface area contributed by atoms with Crippen LogP contribution in [-0.4, -0.2) is 155 Å². The number of nitrogens with zero attached hydrogens (tertiary/aromatic N) is 7. The molecular formula is C71H86N9O10PS. The molecule has 6 aromatic rings. The van der Waals surface area contributed by atoms with E-state index in [1.165, 1.54) is 42.1 Å². The third kappa shape index (κ3) is 15.8. The number of fused-ring (bicyclic) bond motifs is 2. The van der Waals surface area contributed by atoms with Crippen LogP contribution in [0.4, 0.5) is 11.4 Å². The van der Waals surface area contributed by atoms with Gasteiger partial charge in [-0.05, 0) is 138 Å². The molecule has 4 aliphatic rings. The van der Waals surface area contributed by atoms with E-state index in [-0.39, 0.29) is 37.7 Å². The van der Waals surface area contributed by atoms with Crippen LogP contribution in [0.15, 0.2) is 133 Å². The predicted molar refractivity (Wildman–Crippen MR) is 363 cm³/mol. The summed E-state index contributed by atoms with van der Waals surface area (Å²) in [5, 5.41) is 11.8. The van der Waals surface area contributed by atoms with E-state index in [4.69, 9.17) is 24.7 Å². The number of carbonyl (C=O) groups is 6. The van der Waals surface area contributed by atoms with Crippen LogP contribution < -0.4 is 39.8 Å². The van der Waals surface area contributed by atoms with Gasteiger partial charge in [0.05, 0.1) is 80.2 Å². The normalized spacial score (nSPS) is 16.3. The van der Waals surface area contributed by atoms with Gasteiger partial charge in [-0.15, -0.1) is 0 Å². The fraction of sp³-hybridized carbons (Fsp3) is 0.394. The zero-order valence-electron chi connectivity index (χ0n) is 53.1. The minimum Gasteiger partial charge on any atom is -0.493 e. The topological polar surface area (TPSA) is 221 Å². The number of nitrogens with two attached hydrogens (primary N) is 1. The van der Waals surface area contributed by atoms with Crippen LogP contribution in [0.2, 0.25) is 0 Å². The summed E-state index contributed by atoms with van der Waals surface area (Å²) >= 11 is 4.37. The molecule has 0 aliphatic carbocycles. The zero-order chi connectivity index (χ0) is 65.3. The first-order chi connectivity index (χ1) is 44.1. The summed E-state index contributed by atoms with van der Waals surface area (Å²) in [4.78, 5) is 92.3. The van der Waals surface area contributed by atoms with E-state index in [0.717, 1.165) is 63.6 Å². The van der Waals surface area contributed by atoms with Gasteiger partial charge >= 0.3 is 0 Å². The molecule has 486 valence electrons. The average Bonchev–Trinajstić information content (AvgIpc) is 1.61. The van der Waals surface area contributed by atoms with Crippen molar-refractivity contribution in [1.82, 2.24) is 24.9 Å². The molecule has 4 aliphatic heterocycles. The van der Waals surface area contributed by atoms with E-state index in [1.807, 2.05) is 73.4 Å². The van der Waals surface area contributed by atoms with Crippen LogP contribution in [0.1, 0.15) is 142 Å². The van der Waals surface area contributed by atoms with Gasteiger partial charge in [0.15, 0.2) is 34.7 Å². The minimum atomic E-state index is -1.38. The SMILES string of the molecule is C.COc1ccc([C@@H](CCCN)N2C(=O)c3cccc(N4CCN([C@H](C)c5ccccc5)CC4)c3C2=O)cc1OC.COc1ccc([C@@H](CCCNC(=O)C(C#N)C(C)=O)N2C(=O)c3cccc(N4CCN([C@H](C)c5ccccc5)CC4)c3C2=O)cc1OC.CP=S. The number of hydrogen-bond donors (Lipinski definition) is 2. The summed E-state index contributed by atoms with van der Waals surface area (Å²) in [7, 11) is 7.20. The van der Waals surface area contributed by atoms with Crippen LogP contribution in [0.3, 0.4) is 0 Å². The summed E-state index contributed by atoms with van der Waals surface area (Å²) in [6.45, 7) is 14.5. The number of ketones is 1. The number of nitriles is 1. The summed E-state index contributed by atoms with van der Waals surface area (Å²) in [6, 6.07) is 43.9. The number of hydrogen-bond acceptors (Lipinski definition) is 17. The highest BCUT2D eigenvalue weighted by atomic mass is 32.4. The van der Waals surface area contributed by atoms with Crippen LogP contribution in [-0.2, 0) is 21.4 Å². The van der Waals surface area contributed by atoms with Crippen molar-refractivity contribution in [3.05, 3.63) is 178 Å². The second kappa shape index (κ2) is 33.7. The molecule has 21 heteroatoms. The van der Waals surface area contributed by atoms with Gasteiger partial charge in [-0.2, -0.15) is 5.26 Å². The van der Waals surface area contributed by atoms with Crippen molar-refractivity contribution in [2.24, 2.45) is 11.7 Å². The fourth-order valence-corrected chi connectivity index (χ4v) is 12.5. The fourth-order valence-electron chi connectivity index (χ4n) is 12.5. The number of piperazine rings is 2. The van der Waals surface area contributed by atoms with Gasteiger partial charge in [0.2, 0.25) is 5.91 Å². The molecule has 19 nitrogen and oxygen atoms in total. The Morgan fingerprint density at radius 3 is 1.32 bits per heavy atom. The highest BCUT2D eigenvalue weighted by Gasteiger charge is 2.45. The number of nitrogens with one attached hydrogen (secondary N) is 1. The van der Waals surface area contributed by atoms with Crippen LogP contribution in [0.25, 0.3) is 0 Å². The quantitative estimate of drug-likeness (QED) is 0.0264. The zero-order valence-corrected chi connectivity index (χ0v) is 54.8. The summed E-state index contributed by atoms with van der Waals surface area (Å²) in [6.07, 6.45) is 1.90. The number of methoxy groups -OCH3 is 4. The van der Waals surface area contributed by atoms with Gasteiger partial charge < -0.3 is 39.8 Å². The molecule has 0 spiro atoms. The van der Waals surface area contributed by atoms with Gasteiger partial charge in [-0.3, -0.25) is 48.4 Å².